The molecule has 1 N–H and O–H groups in total. The lowest BCUT2D eigenvalue weighted by molar-refractivity contribution is -0.705. The number of rotatable bonds is 10. The first-order chi connectivity index (χ1) is 8.84. The second-order valence-electron chi connectivity index (χ2n) is 5.31. The fourth-order valence-electron chi connectivity index (χ4n) is 2.39. The average molecular weight is 253 g/mol. The molecule has 0 aromatic carbocycles. The highest BCUT2D eigenvalue weighted by atomic mass is 16.2. The van der Waals surface area contributed by atoms with Gasteiger partial charge in [-0.05, 0) is 6.42 Å². The predicted octanol–water partition coefficient (Wildman–Crippen LogP) is 2.36. The van der Waals surface area contributed by atoms with Crippen LogP contribution < -0.4 is 4.90 Å². The number of aliphatic imine (C=N–C) groups is 1. The van der Waals surface area contributed by atoms with Gasteiger partial charge in [0.15, 0.2) is 6.34 Å². The second kappa shape index (κ2) is 10.2. The molecule has 0 radical (unpaired) electrons. The van der Waals surface area contributed by atoms with Gasteiger partial charge in [-0.2, -0.15) is 0 Å². The van der Waals surface area contributed by atoms with E-state index >= 15 is 0 Å². The van der Waals surface area contributed by atoms with E-state index < -0.39 is 0 Å². The third-order valence-electron chi connectivity index (χ3n) is 3.62. The molecule has 1 rings (SSSR count). The van der Waals surface area contributed by atoms with Gasteiger partial charge in [-0.25, -0.2) is 14.7 Å². The number of unbranched alkanes of at least 4 members (excludes halogenated alkanes) is 8. The van der Waals surface area contributed by atoms with Crippen LogP contribution in [0.3, 0.4) is 0 Å². The standard InChI is InChI=1S/C15H28N2O/c1-2-3-4-5-6-7-8-9-10-11-15(18)17-13-12-16-14-17/h14H,2-13H2,1H3/p+1. The molecule has 0 aliphatic carbocycles. The van der Waals surface area contributed by atoms with E-state index in [1.807, 2.05) is 0 Å². The molecule has 0 aromatic heterocycles. The van der Waals surface area contributed by atoms with E-state index in [0.29, 0.717) is 5.91 Å². The topological polar surface area (TPSA) is 33.9 Å². The van der Waals surface area contributed by atoms with Gasteiger partial charge in [0.2, 0.25) is 0 Å². The molecule has 1 amide bonds. The van der Waals surface area contributed by atoms with Crippen LogP contribution in [0.5, 0.6) is 0 Å². The Kier molecular flexibility index (Phi) is 8.74. The third kappa shape index (κ3) is 6.90. The molecule has 0 saturated carbocycles. The number of amides is 1. The van der Waals surface area contributed by atoms with Crippen LogP contribution in [-0.2, 0) is 4.79 Å². The largest absolute Gasteiger partial charge is 0.317 e. The SMILES string of the molecule is CCCCCCCCCCCC(=O)[NH+]1C=NCC1. The maximum atomic E-state index is 11.7. The van der Waals surface area contributed by atoms with Crippen molar-refractivity contribution in [2.75, 3.05) is 13.1 Å². The van der Waals surface area contributed by atoms with Crippen LogP contribution in [0.25, 0.3) is 0 Å². The maximum absolute atomic E-state index is 11.7. The van der Waals surface area contributed by atoms with E-state index in [1.165, 1.54) is 51.4 Å². The molecule has 3 nitrogen and oxygen atoms in total. The molecule has 104 valence electrons. The molecule has 0 spiro atoms. The monoisotopic (exact) mass is 253 g/mol. The minimum atomic E-state index is 0.333. The van der Waals surface area contributed by atoms with Gasteiger partial charge >= 0.3 is 5.91 Å². The Balaban J connectivity index is 1.83. The van der Waals surface area contributed by atoms with Crippen molar-refractivity contribution in [3.63, 3.8) is 0 Å². The summed E-state index contributed by atoms with van der Waals surface area (Å²) in [7, 11) is 0. The van der Waals surface area contributed by atoms with Crippen LogP contribution in [-0.4, -0.2) is 25.3 Å². The van der Waals surface area contributed by atoms with Crippen LogP contribution in [0.15, 0.2) is 4.99 Å². The lowest BCUT2D eigenvalue weighted by Crippen LogP contribution is -3.12. The molecule has 0 aromatic rings. The first-order valence-electron chi connectivity index (χ1n) is 7.73. The molecular weight excluding hydrogens is 224 g/mol. The van der Waals surface area contributed by atoms with E-state index in [-0.39, 0.29) is 0 Å². The summed E-state index contributed by atoms with van der Waals surface area (Å²) in [5, 5.41) is 0. The van der Waals surface area contributed by atoms with E-state index in [1.54, 1.807) is 6.34 Å². The Morgan fingerprint density at radius 1 is 1.06 bits per heavy atom. The van der Waals surface area contributed by atoms with Gasteiger partial charge in [-0.1, -0.05) is 58.3 Å². The van der Waals surface area contributed by atoms with Gasteiger partial charge in [-0.15, -0.1) is 0 Å². The molecule has 18 heavy (non-hydrogen) atoms. The molecule has 1 aliphatic rings. The Bertz CT molecular complexity index is 251. The molecule has 3 heteroatoms. The molecule has 1 heterocycles. The van der Waals surface area contributed by atoms with Crippen LogP contribution in [0.4, 0.5) is 0 Å². The highest BCUT2D eigenvalue weighted by Gasteiger charge is 2.19. The van der Waals surface area contributed by atoms with Gasteiger partial charge in [-0.3, -0.25) is 0 Å². The van der Waals surface area contributed by atoms with E-state index in [4.69, 9.17) is 0 Å². The molecule has 1 aliphatic heterocycles. The second-order valence-corrected chi connectivity index (χ2v) is 5.31. The Morgan fingerprint density at radius 2 is 1.67 bits per heavy atom. The van der Waals surface area contributed by atoms with Crippen LogP contribution >= 0.6 is 0 Å². The molecule has 0 bridgehead atoms. The van der Waals surface area contributed by atoms with E-state index in [2.05, 4.69) is 11.9 Å². The summed E-state index contributed by atoms with van der Waals surface area (Å²) >= 11 is 0. The van der Waals surface area contributed by atoms with Crippen molar-refractivity contribution in [1.82, 2.24) is 0 Å². The summed E-state index contributed by atoms with van der Waals surface area (Å²) in [4.78, 5) is 16.8. The normalized spacial score (nSPS) is 18.4. The van der Waals surface area contributed by atoms with Crippen molar-refractivity contribution in [1.29, 1.82) is 0 Å². The zero-order valence-electron chi connectivity index (χ0n) is 11.9. The number of carbonyl (C=O) groups excluding carboxylic acids is 1. The fraction of sp³-hybridized carbons (Fsp3) is 0.867. The Labute approximate surface area is 112 Å². The maximum Gasteiger partial charge on any atom is 0.317 e. The molecule has 1 atom stereocenters. The summed E-state index contributed by atoms with van der Waals surface area (Å²) in [5.41, 5.74) is 0. The number of hydrogen-bond acceptors (Lipinski definition) is 2. The van der Waals surface area contributed by atoms with Crippen molar-refractivity contribution in [2.24, 2.45) is 4.99 Å². The highest BCUT2D eigenvalue weighted by Crippen LogP contribution is 2.10. The van der Waals surface area contributed by atoms with Crippen molar-refractivity contribution >= 4 is 12.2 Å². The Morgan fingerprint density at radius 3 is 2.22 bits per heavy atom. The smallest absolute Gasteiger partial charge is 0.235 e. The summed E-state index contributed by atoms with van der Waals surface area (Å²) in [6, 6.07) is 0. The molecule has 1 unspecified atom stereocenters. The van der Waals surface area contributed by atoms with Gasteiger partial charge in [0.1, 0.15) is 6.54 Å². The van der Waals surface area contributed by atoms with Crippen LogP contribution in [0, 0.1) is 0 Å². The van der Waals surface area contributed by atoms with Crippen molar-refractivity contribution in [3.8, 4) is 0 Å². The zero-order chi connectivity index (χ0) is 13.1. The van der Waals surface area contributed by atoms with Gasteiger partial charge in [0.05, 0.1) is 13.0 Å². The van der Waals surface area contributed by atoms with Gasteiger partial charge in [0, 0.05) is 0 Å². The van der Waals surface area contributed by atoms with Crippen LogP contribution in [0.1, 0.15) is 71.1 Å². The minimum Gasteiger partial charge on any atom is -0.235 e. The summed E-state index contributed by atoms with van der Waals surface area (Å²) in [6.07, 6.45) is 14.3. The zero-order valence-corrected chi connectivity index (χ0v) is 11.9. The van der Waals surface area contributed by atoms with Crippen molar-refractivity contribution in [3.05, 3.63) is 0 Å². The predicted molar refractivity (Wildman–Crippen MR) is 76.0 cm³/mol. The Hall–Kier alpha value is -0.700. The van der Waals surface area contributed by atoms with Crippen molar-refractivity contribution in [2.45, 2.75) is 71.1 Å². The number of quaternary nitrogens is 1. The average Bonchev–Trinajstić information content (AvgIpc) is 2.90. The quantitative estimate of drug-likeness (QED) is 0.596. The minimum absolute atomic E-state index is 0.333. The molecular formula is C15H29N2O+. The first-order valence-corrected chi connectivity index (χ1v) is 7.73. The first kappa shape index (κ1) is 15.4. The summed E-state index contributed by atoms with van der Waals surface area (Å²) < 4.78 is 0. The highest BCUT2D eigenvalue weighted by molar-refractivity contribution is 5.74. The number of carbonyl (C=O) groups is 1. The van der Waals surface area contributed by atoms with Gasteiger partial charge < -0.3 is 0 Å². The summed E-state index contributed by atoms with van der Waals surface area (Å²) in [5.74, 6) is 0.333. The summed E-state index contributed by atoms with van der Waals surface area (Å²) in [6.45, 7) is 3.94. The van der Waals surface area contributed by atoms with Gasteiger partial charge in [0.25, 0.3) is 0 Å². The third-order valence-corrected chi connectivity index (χ3v) is 3.62. The van der Waals surface area contributed by atoms with E-state index in [9.17, 15) is 4.79 Å². The lowest BCUT2D eigenvalue weighted by atomic mass is 10.1. The number of nitrogens with one attached hydrogen (secondary N) is 1. The van der Waals surface area contributed by atoms with E-state index in [0.717, 1.165) is 30.8 Å². The fourth-order valence-corrected chi connectivity index (χ4v) is 2.39. The number of hydrogen-bond donors (Lipinski definition) is 1. The molecule has 0 saturated heterocycles. The lowest BCUT2D eigenvalue weighted by Gasteiger charge is -2.05. The van der Waals surface area contributed by atoms with Crippen molar-refractivity contribution < 1.29 is 9.69 Å². The van der Waals surface area contributed by atoms with Crippen LogP contribution in [0.2, 0.25) is 0 Å². The number of nitrogens with zero attached hydrogens (tertiary/aromatic N) is 1. The molecule has 0 fully saturated rings.